The van der Waals surface area contributed by atoms with Crippen LogP contribution in [0.1, 0.15) is 57.8 Å². The molecule has 0 aliphatic carbocycles. The van der Waals surface area contributed by atoms with Crippen molar-refractivity contribution in [3.63, 3.8) is 0 Å². The number of carbonyl (C=O) groups excluding carboxylic acids is 1. The van der Waals surface area contributed by atoms with Crippen molar-refractivity contribution in [2.24, 2.45) is 5.41 Å². The number of hydrogen-bond acceptors (Lipinski definition) is 2. The summed E-state index contributed by atoms with van der Waals surface area (Å²) in [5.41, 5.74) is -1.48. The quantitative estimate of drug-likeness (QED) is 0.720. The third kappa shape index (κ3) is 4.76. The topological polar surface area (TPSA) is 26.3 Å². The SMILES string of the molecule is CCCC(OC(=O)C(C)(C)C)c1ccccc1C(F)(F)F. The molecule has 118 valence electrons. The maximum absolute atomic E-state index is 13.1. The van der Waals surface area contributed by atoms with Crippen LogP contribution in [0.4, 0.5) is 13.2 Å². The van der Waals surface area contributed by atoms with Crippen LogP contribution in [0.3, 0.4) is 0 Å². The van der Waals surface area contributed by atoms with Crippen LogP contribution in [0.5, 0.6) is 0 Å². The van der Waals surface area contributed by atoms with Crippen LogP contribution in [0.15, 0.2) is 24.3 Å². The Morgan fingerprint density at radius 1 is 1.19 bits per heavy atom. The second-order valence-electron chi connectivity index (χ2n) is 6.02. The van der Waals surface area contributed by atoms with Gasteiger partial charge < -0.3 is 4.74 Å². The predicted octanol–water partition coefficient (Wildman–Crippen LogP) is 5.14. The van der Waals surface area contributed by atoms with E-state index in [1.165, 1.54) is 18.2 Å². The van der Waals surface area contributed by atoms with E-state index in [1.807, 2.05) is 6.92 Å². The van der Waals surface area contributed by atoms with E-state index in [1.54, 1.807) is 20.8 Å². The maximum atomic E-state index is 13.1. The van der Waals surface area contributed by atoms with Gasteiger partial charge in [0.1, 0.15) is 6.10 Å². The van der Waals surface area contributed by atoms with Gasteiger partial charge >= 0.3 is 12.1 Å². The summed E-state index contributed by atoms with van der Waals surface area (Å²) in [5.74, 6) is -0.502. The minimum Gasteiger partial charge on any atom is -0.457 e. The van der Waals surface area contributed by atoms with Crippen molar-refractivity contribution in [2.45, 2.75) is 52.8 Å². The first-order valence-electron chi connectivity index (χ1n) is 6.94. The second-order valence-corrected chi connectivity index (χ2v) is 6.02. The fraction of sp³-hybridized carbons (Fsp3) is 0.562. The third-order valence-electron chi connectivity index (χ3n) is 3.03. The van der Waals surface area contributed by atoms with Crippen molar-refractivity contribution < 1.29 is 22.7 Å². The van der Waals surface area contributed by atoms with Gasteiger partial charge in [-0.1, -0.05) is 31.5 Å². The van der Waals surface area contributed by atoms with E-state index in [9.17, 15) is 18.0 Å². The fourth-order valence-electron chi connectivity index (χ4n) is 1.88. The zero-order chi connectivity index (χ0) is 16.3. The van der Waals surface area contributed by atoms with Crippen LogP contribution < -0.4 is 0 Å². The molecular formula is C16H21F3O2. The molecule has 0 fully saturated rings. The molecule has 0 heterocycles. The summed E-state index contributed by atoms with van der Waals surface area (Å²) in [6.45, 7) is 6.87. The van der Waals surface area contributed by atoms with Crippen LogP contribution >= 0.6 is 0 Å². The van der Waals surface area contributed by atoms with Gasteiger partial charge in [0, 0.05) is 5.56 Å². The Balaban J connectivity index is 3.15. The summed E-state index contributed by atoms with van der Waals surface area (Å²) < 4.78 is 44.6. The van der Waals surface area contributed by atoms with Crippen LogP contribution in [0.2, 0.25) is 0 Å². The number of rotatable bonds is 4. The first-order chi connectivity index (χ1) is 9.57. The van der Waals surface area contributed by atoms with Crippen molar-refractivity contribution in [3.8, 4) is 0 Å². The molecule has 0 aliphatic heterocycles. The van der Waals surface area contributed by atoms with Crippen molar-refractivity contribution in [3.05, 3.63) is 35.4 Å². The lowest BCUT2D eigenvalue weighted by atomic mass is 9.95. The number of halogens is 3. The number of benzene rings is 1. The van der Waals surface area contributed by atoms with Crippen LogP contribution in [-0.2, 0) is 15.7 Å². The number of ether oxygens (including phenoxy) is 1. The Bertz CT molecular complexity index is 487. The van der Waals surface area contributed by atoms with Gasteiger partial charge in [-0.05, 0) is 33.3 Å². The Morgan fingerprint density at radius 3 is 2.24 bits per heavy atom. The number of alkyl halides is 3. The number of esters is 1. The Kier molecular flexibility index (Phi) is 5.42. The first kappa shape index (κ1) is 17.5. The molecule has 0 aromatic heterocycles. The second kappa shape index (κ2) is 6.50. The predicted molar refractivity (Wildman–Crippen MR) is 74.6 cm³/mol. The molecule has 0 spiro atoms. The summed E-state index contributed by atoms with van der Waals surface area (Å²) in [7, 11) is 0. The van der Waals surface area contributed by atoms with E-state index in [0.717, 1.165) is 6.07 Å². The van der Waals surface area contributed by atoms with Crippen molar-refractivity contribution in [2.75, 3.05) is 0 Å². The van der Waals surface area contributed by atoms with Gasteiger partial charge in [-0.25, -0.2) is 0 Å². The van der Waals surface area contributed by atoms with Crippen LogP contribution in [0, 0.1) is 5.41 Å². The Morgan fingerprint density at radius 2 is 1.76 bits per heavy atom. The molecule has 5 heteroatoms. The summed E-state index contributed by atoms with van der Waals surface area (Å²) in [6.07, 6.45) is -4.36. The number of hydrogen-bond donors (Lipinski definition) is 0. The van der Waals surface area contributed by atoms with Gasteiger partial charge in [0.05, 0.1) is 11.0 Å². The van der Waals surface area contributed by atoms with Gasteiger partial charge in [-0.15, -0.1) is 0 Å². The molecule has 0 radical (unpaired) electrons. The molecule has 0 bridgehead atoms. The van der Waals surface area contributed by atoms with Crippen molar-refractivity contribution in [1.82, 2.24) is 0 Å². The molecule has 0 amide bonds. The van der Waals surface area contributed by atoms with Gasteiger partial charge in [0.15, 0.2) is 0 Å². The fourth-order valence-corrected chi connectivity index (χ4v) is 1.88. The van der Waals surface area contributed by atoms with Gasteiger partial charge in [0.2, 0.25) is 0 Å². The van der Waals surface area contributed by atoms with E-state index in [4.69, 9.17) is 4.74 Å². The lowest BCUT2D eigenvalue weighted by Gasteiger charge is -2.25. The lowest BCUT2D eigenvalue weighted by Crippen LogP contribution is -2.26. The molecule has 1 atom stereocenters. The molecule has 0 saturated carbocycles. The lowest BCUT2D eigenvalue weighted by molar-refractivity contribution is -0.161. The zero-order valence-corrected chi connectivity index (χ0v) is 12.8. The number of carbonyl (C=O) groups is 1. The molecule has 0 N–H and O–H groups in total. The Hall–Kier alpha value is -1.52. The average molecular weight is 302 g/mol. The first-order valence-corrected chi connectivity index (χ1v) is 6.94. The minimum absolute atomic E-state index is 0.0180. The highest BCUT2D eigenvalue weighted by atomic mass is 19.4. The summed E-state index contributed by atoms with van der Waals surface area (Å²) in [5, 5.41) is 0. The summed E-state index contributed by atoms with van der Waals surface area (Å²) in [6, 6.07) is 5.25. The highest BCUT2D eigenvalue weighted by molar-refractivity contribution is 5.75. The Labute approximate surface area is 123 Å². The molecule has 1 rings (SSSR count). The van der Waals surface area contributed by atoms with Gasteiger partial charge in [-0.2, -0.15) is 13.2 Å². The standard InChI is InChI=1S/C16H21F3O2/c1-5-8-13(21-14(20)15(2,3)4)11-9-6-7-10-12(11)16(17,18)19/h6-7,9-10,13H,5,8H2,1-4H3. The smallest absolute Gasteiger partial charge is 0.416 e. The zero-order valence-electron chi connectivity index (χ0n) is 12.8. The molecule has 1 aromatic rings. The largest absolute Gasteiger partial charge is 0.457 e. The van der Waals surface area contributed by atoms with Crippen LogP contribution in [0.25, 0.3) is 0 Å². The van der Waals surface area contributed by atoms with E-state index in [2.05, 4.69) is 0 Å². The van der Waals surface area contributed by atoms with E-state index in [-0.39, 0.29) is 5.56 Å². The molecule has 2 nitrogen and oxygen atoms in total. The summed E-state index contributed by atoms with van der Waals surface area (Å²) in [4.78, 5) is 12.0. The molecule has 1 unspecified atom stereocenters. The van der Waals surface area contributed by atoms with Crippen molar-refractivity contribution in [1.29, 1.82) is 0 Å². The van der Waals surface area contributed by atoms with Gasteiger partial charge in [-0.3, -0.25) is 4.79 Å². The highest BCUT2D eigenvalue weighted by Crippen LogP contribution is 2.37. The summed E-state index contributed by atoms with van der Waals surface area (Å²) >= 11 is 0. The van der Waals surface area contributed by atoms with E-state index < -0.39 is 29.2 Å². The van der Waals surface area contributed by atoms with E-state index >= 15 is 0 Å². The molecular weight excluding hydrogens is 281 g/mol. The van der Waals surface area contributed by atoms with Gasteiger partial charge in [0.25, 0.3) is 0 Å². The normalized spacial score (nSPS) is 13.9. The third-order valence-corrected chi connectivity index (χ3v) is 3.03. The minimum atomic E-state index is -4.46. The molecule has 0 aliphatic rings. The monoisotopic (exact) mass is 302 g/mol. The van der Waals surface area contributed by atoms with Crippen LogP contribution in [-0.4, -0.2) is 5.97 Å². The average Bonchev–Trinajstić information content (AvgIpc) is 2.36. The molecule has 0 saturated heterocycles. The van der Waals surface area contributed by atoms with Crippen molar-refractivity contribution >= 4 is 5.97 Å². The molecule has 21 heavy (non-hydrogen) atoms. The molecule has 1 aromatic carbocycles. The maximum Gasteiger partial charge on any atom is 0.416 e. The van der Waals surface area contributed by atoms with E-state index in [0.29, 0.717) is 12.8 Å². The highest BCUT2D eigenvalue weighted by Gasteiger charge is 2.36.